The zero-order valence-electron chi connectivity index (χ0n) is 11.4. The normalized spacial score (nSPS) is 8.88. The van der Waals surface area contributed by atoms with Crippen LogP contribution in [0.1, 0.15) is 46.1 Å². The minimum Gasteiger partial charge on any atom is -0.356 e. The van der Waals surface area contributed by atoms with Crippen LogP contribution in [0, 0.1) is 11.3 Å². The molecule has 0 aliphatic rings. The Kier molecular flexibility index (Phi) is 8.77. The molecule has 0 aliphatic heterocycles. The third-order valence-corrected chi connectivity index (χ3v) is 2.19. The van der Waals surface area contributed by atoms with Gasteiger partial charge in [-0.1, -0.05) is 27.7 Å². The maximum atomic E-state index is 8.99. The number of aromatic nitrogens is 1. The largest absolute Gasteiger partial charge is 0.356 e. The lowest BCUT2D eigenvalue weighted by Gasteiger charge is -2.23. The minimum atomic E-state index is 0.666. The summed E-state index contributed by atoms with van der Waals surface area (Å²) in [5.41, 5.74) is 0.666. The van der Waals surface area contributed by atoms with E-state index in [9.17, 15) is 0 Å². The van der Waals surface area contributed by atoms with Crippen molar-refractivity contribution in [3.05, 3.63) is 23.9 Å². The van der Waals surface area contributed by atoms with Crippen molar-refractivity contribution in [3.8, 4) is 6.07 Å². The summed E-state index contributed by atoms with van der Waals surface area (Å²) in [6.45, 7) is 10.2. The summed E-state index contributed by atoms with van der Waals surface area (Å²) in [6, 6.07) is 5.81. The van der Waals surface area contributed by atoms with E-state index in [4.69, 9.17) is 5.26 Å². The topological polar surface area (TPSA) is 39.9 Å². The fraction of sp³-hybridized carbons (Fsp3) is 0.571. The first-order valence-electron chi connectivity index (χ1n) is 6.43. The molecular formula is C14H23N3. The van der Waals surface area contributed by atoms with Crippen LogP contribution in [0.15, 0.2) is 18.3 Å². The van der Waals surface area contributed by atoms with Crippen LogP contribution < -0.4 is 4.90 Å². The summed E-state index contributed by atoms with van der Waals surface area (Å²) in [7, 11) is 0. The van der Waals surface area contributed by atoms with Gasteiger partial charge in [0.2, 0.25) is 0 Å². The van der Waals surface area contributed by atoms with Gasteiger partial charge in [-0.3, -0.25) is 0 Å². The van der Waals surface area contributed by atoms with Crippen LogP contribution in [0.25, 0.3) is 0 Å². The lowest BCUT2D eigenvalue weighted by molar-refractivity contribution is 0.733. The Morgan fingerprint density at radius 3 is 2.29 bits per heavy atom. The Bertz CT molecular complexity index is 336. The Morgan fingerprint density at radius 2 is 1.82 bits per heavy atom. The highest BCUT2D eigenvalue weighted by Crippen LogP contribution is 2.16. The van der Waals surface area contributed by atoms with Crippen molar-refractivity contribution in [2.45, 2.75) is 40.5 Å². The Morgan fingerprint density at radius 1 is 1.24 bits per heavy atom. The van der Waals surface area contributed by atoms with Gasteiger partial charge < -0.3 is 4.90 Å². The van der Waals surface area contributed by atoms with E-state index in [0.29, 0.717) is 5.56 Å². The molecule has 3 nitrogen and oxygen atoms in total. The number of rotatable bonds is 5. The smallest absolute Gasteiger partial charge is 0.146 e. The minimum absolute atomic E-state index is 0.666. The van der Waals surface area contributed by atoms with E-state index in [-0.39, 0.29) is 0 Å². The number of nitrogens with zero attached hydrogens (tertiary/aromatic N) is 3. The van der Waals surface area contributed by atoms with Crippen molar-refractivity contribution in [2.75, 3.05) is 18.0 Å². The van der Waals surface area contributed by atoms with Gasteiger partial charge in [-0.2, -0.15) is 5.26 Å². The highest BCUT2D eigenvalue weighted by molar-refractivity contribution is 5.53. The lowest BCUT2D eigenvalue weighted by Crippen LogP contribution is -2.26. The molecule has 0 bridgehead atoms. The van der Waals surface area contributed by atoms with Crippen molar-refractivity contribution in [2.24, 2.45) is 0 Å². The molecule has 0 radical (unpaired) electrons. The fourth-order valence-corrected chi connectivity index (χ4v) is 1.60. The van der Waals surface area contributed by atoms with Crippen LogP contribution in [0.4, 0.5) is 5.82 Å². The summed E-state index contributed by atoms with van der Waals surface area (Å²) in [4.78, 5) is 6.47. The van der Waals surface area contributed by atoms with Gasteiger partial charge in [0.05, 0.1) is 5.56 Å². The average molecular weight is 233 g/mol. The molecule has 0 fully saturated rings. The van der Waals surface area contributed by atoms with Crippen molar-refractivity contribution in [1.82, 2.24) is 4.98 Å². The number of anilines is 1. The molecule has 0 saturated carbocycles. The molecule has 1 aromatic rings. The van der Waals surface area contributed by atoms with Crippen molar-refractivity contribution in [3.63, 3.8) is 0 Å². The molecule has 1 aromatic heterocycles. The zero-order valence-corrected chi connectivity index (χ0v) is 11.4. The molecule has 0 aromatic carbocycles. The van der Waals surface area contributed by atoms with Crippen molar-refractivity contribution < 1.29 is 0 Å². The first kappa shape index (κ1) is 15.4. The van der Waals surface area contributed by atoms with Gasteiger partial charge in [0.1, 0.15) is 11.9 Å². The van der Waals surface area contributed by atoms with Gasteiger partial charge in [0.15, 0.2) is 0 Å². The van der Waals surface area contributed by atoms with E-state index >= 15 is 0 Å². The molecule has 0 spiro atoms. The highest BCUT2D eigenvalue weighted by atomic mass is 15.2. The maximum Gasteiger partial charge on any atom is 0.146 e. The van der Waals surface area contributed by atoms with Crippen molar-refractivity contribution in [1.29, 1.82) is 5.26 Å². The van der Waals surface area contributed by atoms with E-state index in [0.717, 1.165) is 31.7 Å². The van der Waals surface area contributed by atoms with Crippen LogP contribution in [-0.2, 0) is 0 Å². The molecule has 17 heavy (non-hydrogen) atoms. The number of hydrogen-bond acceptors (Lipinski definition) is 3. The van der Waals surface area contributed by atoms with Crippen LogP contribution in [0.3, 0.4) is 0 Å². The molecule has 0 N–H and O–H groups in total. The second-order valence-electron chi connectivity index (χ2n) is 3.47. The summed E-state index contributed by atoms with van der Waals surface area (Å²) in [5, 5.41) is 8.99. The fourth-order valence-electron chi connectivity index (χ4n) is 1.60. The van der Waals surface area contributed by atoms with E-state index < -0.39 is 0 Å². The predicted molar refractivity (Wildman–Crippen MR) is 73.1 cm³/mol. The molecule has 1 heterocycles. The molecule has 1 rings (SSSR count). The number of nitriles is 1. The highest BCUT2D eigenvalue weighted by Gasteiger charge is 2.10. The maximum absolute atomic E-state index is 8.99. The predicted octanol–water partition coefficient (Wildman–Crippen LogP) is 3.61. The summed E-state index contributed by atoms with van der Waals surface area (Å²) < 4.78 is 0. The summed E-state index contributed by atoms with van der Waals surface area (Å²) in [6.07, 6.45) is 3.89. The van der Waals surface area contributed by atoms with Crippen LogP contribution in [-0.4, -0.2) is 18.1 Å². The summed E-state index contributed by atoms with van der Waals surface area (Å²) in [5.74, 6) is 0.823. The molecule has 0 amide bonds. The molecule has 94 valence electrons. The Labute approximate surface area is 105 Å². The third kappa shape index (κ3) is 4.86. The first-order valence-corrected chi connectivity index (χ1v) is 6.43. The number of pyridine rings is 1. The van der Waals surface area contributed by atoms with Crippen LogP contribution in [0.2, 0.25) is 0 Å². The van der Waals surface area contributed by atoms with Gasteiger partial charge in [0.25, 0.3) is 0 Å². The van der Waals surface area contributed by atoms with Crippen LogP contribution >= 0.6 is 0 Å². The Hall–Kier alpha value is -1.56. The quantitative estimate of drug-likeness (QED) is 0.780. The number of hydrogen-bond donors (Lipinski definition) is 0. The van der Waals surface area contributed by atoms with E-state index in [1.165, 1.54) is 0 Å². The molecule has 0 unspecified atom stereocenters. The van der Waals surface area contributed by atoms with E-state index in [1.54, 1.807) is 12.3 Å². The molecular weight excluding hydrogens is 210 g/mol. The van der Waals surface area contributed by atoms with Gasteiger partial charge in [0, 0.05) is 19.3 Å². The molecule has 0 atom stereocenters. The van der Waals surface area contributed by atoms with Gasteiger partial charge >= 0.3 is 0 Å². The molecule has 0 saturated heterocycles. The first-order chi connectivity index (χ1) is 8.33. The summed E-state index contributed by atoms with van der Waals surface area (Å²) >= 11 is 0. The second kappa shape index (κ2) is 9.65. The SMILES string of the molecule is CC.CCCN(CCC)c1ncccc1C#N. The lowest BCUT2D eigenvalue weighted by atomic mass is 10.2. The molecule has 3 heteroatoms. The second-order valence-corrected chi connectivity index (χ2v) is 3.47. The van der Waals surface area contributed by atoms with Gasteiger partial charge in [-0.15, -0.1) is 0 Å². The van der Waals surface area contributed by atoms with Crippen LogP contribution in [0.5, 0.6) is 0 Å². The zero-order chi connectivity index (χ0) is 13.1. The Balaban J connectivity index is 0.00000121. The molecule has 0 aliphatic carbocycles. The van der Waals surface area contributed by atoms with Gasteiger partial charge in [-0.25, -0.2) is 4.98 Å². The standard InChI is InChI=1S/C12H17N3.C2H6/c1-3-8-15(9-4-2)12-11(10-13)6-5-7-14-12;1-2/h5-7H,3-4,8-9H2,1-2H3;1-2H3. The monoisotopic (exact) mass is 233 g/mol. The van der Waals surface area contributed by atoms with Crippen molar-refractivity contribution >= 4 is 5.82 Å². The van der Waals surface area contributed by atoms with E-state index in [1.807, 2.05) is 19.9 Å². The van der Waals surface area contributed by atoms with E-state index in [2.05, 4.69) is 29.8 Å². The third-order valence-electron chi connectivity index (χ3n) is 2.19. The van der Waals surface area contributed by atoms with Gasteiger partial charge in [-0.05, 0) is 25.0 Å². The average Bonchev–Trinajstić information content (AvgIpc) is 2.41.